The molecule has 0 radical (unpaired) electrons. The number of hydrogen-bond acceptors (Lipinski definition) is 2. The van der Waals surface area contributed by atoms with Crippen molar-refractivity contribution in [2.45, 2.75) is 52.9 Å². The second kappa shape index (κ2) is 6.61. The number of hydrogen-bond donors (Lipinski definition) is 1. The van der Waals surface area contributed by atoms with Crippen molar-refractivity contribution in [2.24, 2.45) is 23.0 Å². The van der Waals surface area contributed by atoms with Crippen molar-refractivity contribution >= 4 is 0 Å². The van der Waals surface area contributed by atoms with E-state index in [1.807, 2.05) is 0 Å². The molecule has 2 nitrogen and oxygen atoms in total. The molecule has 1 rings (SSSR count). The summed E-state index contributed by atoms with van der Waals surface area (Å²) in [5.74, 6) is 1.59. The van der Waals surface area contributed by atoms with Gasteiger partial charge in [0, 0.05) is 13.2 Å². The van der Waals surface area contributed by atoms with Gasteiger partial charge in [0.05, 0.1) is 0 Å². The van der Waals surface area contributed by atoms with Crippen LogP contribution in [0.5, 0.6) is 0 Å². The molecule has 0 aromatic heterocycles. The lowest BCUT2D eigenvalue weighted by atomic mass is 9.66. The Labute approximate surface area is 101 Å². The normalized spacial score (nSPS) is 29.2. The summed E-state index contributed by atoms with van der Waals surface area (Å²) in [7, 11) is 0. The van der Waals surface area contributed by atoms with Crippen LogP contribution in [0.3, 0.4) is 0 Å². The van der Waals surface area contributed by atoms with E-state index in [9.17, 15) is 0 Å². The molecule has 1 saturated carbocycles. The molecule has 96 valence electrons. The minimum Gasteiger partial charge on any atom is -0.382 e. The zero-order valence-electron chi connectivity index (χ0n) is 11.3. The second-order valence-corrected chi connectivity index (χ2v) is 6.00. The molecule has 0 aromatic carbocycles. The van der Waals surface area contributed by atoms with Crippen molar-refractivity contribution in [3.8, 4) is 0 Å². The van der Waals surface area contributed by atoms with Gasteiger partial charge in [0.2, 0.25) is 0 Å². The third kappa shape index (κ3) is 4.42. The highest BCUT2D eigenvalue weighted by atomic mass is 16.5. The first kappa shape index (κ1) is 14.0. The largest absolute Gasteiger partial charge is 0.382 e. The Morgan fingerprint density at radius 2 is 2.06 bits per heavy atom. The summed E-state index contributed by atoms with van der Waals surface area (Å²) in [4.78, 5) is 0. The Morgan fingerprint density at radius 3 is 2.69 bits per heavy atom. The molecule has 0 aliphatic heterocycles. The van der Waals surface area contributed by atoms with Gasteiger partial charge < -0.3 is 10.5 Å². The molecule has 0 bridgehead atoms. The van der Waals surface area contributed by atoms with E-state index in [1.165, 1.54) is 32.1 Å². The van der Waals surface area contributed by atoms with Crippen LogP contribution in [0.15, 0.2) is 0 Å². The molecule has 16 heavy (non-hydrogen) atoms. The average molecular weight is 227 g/mol. The van der Waals surface area contributed by atoms with Gasteiger partial charge in [-0.25, -0.2) is 0 Å². The van der Waals surface area contributed by atoms with Crippen LogP contribution in [0.2, 0.25) is 0 Å². The fourth-order valence-corrected chi connectivity index (χ4v) is 3.03. The highest BCUT2D eigenvalue weighted by Gasteiger charge is 2.33. The lowest BCUT2D eigenvalue weighted by Crippen LogP contribution is -2.34. The molecular weight excluding hydrogens is 198 g/mol. The maximum atomic E-state index is 5.88. The van der Waals surface area contributed by atoms with Crippen molar-refractivity contribution < 1.29 is 4.74 Å². The standard InChI is InChI=1S/C14H29NO/c1-4-16-9-5-6-12-10-14(2,3)8-7-13(12)11-15/h12-13H,4-11,15H2,1-3H3. The van der Waals surface area contributed by atoms with E-state index in [2.05, 4.69) is 20.8 Å². The monoisotopic (exact) mass is 227 g/mol. The summed E-state index contributed by atoms with van der Waals surface area (Å²) in [6.07, 6.45) is 6.51. The van der Waals surface area contributed by atoms with Gasteiger partial charge in [0.15, 0.2) is 0 Å². The zero-order valence-corrected chi connectivity index (χ0v) is 11.3. The molecule has 0 amide bonds. The van der Waals surface area contributed by atoms with Crippen molar-refractivity contribution in [1.82, 2.24) is 0 Å². The Morgan fingerprint density at radius 1 is 1.31 bits per heavy atom. The van der Waals surface area contributed by atoms with Crippen molar-refractivity contribution in [2.75, 3.05) is 19.8 Å². The Kier molecular flexibility index (Phi) is 5.77. The van der Waals surface area contributed by atoms with E-state index in [1.54, 1.807) is 0 Å². The average Bonchev–Trinajstić information content (AvgIpc) is 2.24. The fourth-order valence-electron chi connectivity index (χ4n) is 3.03. The van der Waals surface area contributed by atoms with E-state index >= 15 is 0 Å². The molecule has 2 N–H and O–H groups in total. The van der Waals surface area contributed by atoms with Crippen LogP contribution in [0.1, 0.15) is 52.9 Å². The second-order valence-electron chi connectivity index (χ2n) is 6.00. The van der Waals surface area contributed by atoms with Crippen LogP contribution in [0.4, 0.5) is 0 Å². The topological polar surface area (TPSA) is 35.2 Å². The molecule has 0 aromatic rings. The highest BCUT2D eigenvalue weighted by Crippen LogP contribution is 2.43. The van der Waals surface area contributed by atoms with Gasteiger partial charge in [-0.05, 0) is 62.8 Å². The first-order valence-corrected chi connectivity index (χ1v) is 6.87. The number of nitrogens with two attached hydrogens (primary N) is 1. The number of rotatable bonds is 6. The van der Waals surface area contributed by atoms with Crippen LogP contribution in [0, 0.1) is 17.3 Å². The smallest absolute Gasteiger partial charge is 0.0465 e. The van der Waals surface area contributed by atoms with Crippen molar-refractivity contribution in [1.29, 1.82) is 0 Å². The Balaban J connectivity index is 2.34. The van der Waals surface area contributed by atoms with Crippen LogP contribution in [0.25, 0.3) is 0 Å². The molecule has 1 fully saturated rings. The predicted octanol–water partition coefficient (Wildman–Crippen LogP) is 3.20. The minimum absolute atomic E-state index is 0.530. The minimum atomic E-state index is 0.530. The molecule has 0 spiro atoms. The first-order valence-electron chi connectivity index (χ1n) is 6.87. The van der Waals surface area contributed by atoms with Gasteiger partial charge in [-0.3, -0.25) is 0 Å². The first-order chi connectivity index (χ1) is 7.59. The Bertz CT molecular complexity index is 191. The molecule has 2 unspecified atom stereocenters. The molecule has 0 heterocycles. The van der Waals surface area contributed by atoms with Gasteiger partial charge in [0.25, 0.3) is 0 Å². The molecule has 2 heteroatoms. The van der Waals surface area contributed by atoms with Gasteiger partial charge in [-0.15, -0.1) is 0 Å². The van der Waals surface area contributed by atoms with Gasteiger partial charge in [-0.1, -0.05) is 13.8 Å². The van der Waals surface area contributed by atoms with Crippen LogP contribution in [-0.2, 0) is 4.74 Å². The third-order valence-corrected chi connectivity index (χ3v) is 4.04. The van der Waals surface area contributed by atoms with E-state index in [0.29, 0.717) is 5.41 Å². The molecule has 1 aliphatic carbocycles. The predicted molar refractivity (Wildman–Crippen MR) is 69.4 cm³/mol. The molecule has 0 saturated heterocycles. The third-order valence-electron chi connectivity index (χ3n) is 4.04. The van der Waals surface area contributed by atoms with E-state index in [-0.39, 0.29) is 0 Å². The van der Waals surface area contributed by atoms with Crippen LogP contribution < -0.4 is 5.73 Å². The van der Waals surface area contributed by atoms with Crippen LogP contribution in [-0.4, -0.2) is 19.8 Å². The van der Waals surface area contributed by atoms with Gasteiger partial charge >= 0.3 is 0 Å². The maximum Gasteiger partial charge on any atom is 0.0465 e. The van der Waals surface area contributed by atoms with Crippen molar-refractivity contribution in [3.05, 3.63) is 0 Å². The van der Waals surface area contributed by atoms with E-state index in [0.717, 1.165) is 31.6 Å². The molecular formula is C14H29NO. The molecule has 1 aliphatic rings. The van der Waals surface area contributed by atoms with E-state index < -0.39 is 0 Å². The van der Waals surface area contributed by atoms with E-state index in [4.69, 9.17) is 10.5 Å². The van der Waals surface area contributed by atoms with Crippen molar-refractivity contribution in [3.63, 3.8) is 0 Å². The Hall–Kier alpha value is -0.0800. The van der Waals surface area contributed by atoms with Crippen LogP contribution >= 0.6 is 0 Å². The summed E-state index contributed by atoms with van der Waals surface area (Å²) in [5.41, 5.74) is 6.41. The summed E-state index contributed by atoms with van der Waals surface area (Å²) in [5, 5.41) is 0. The maximum absolute atomic E-state index is 5.88. The zero-order chi connectivity index (χ0) is 12.0. The summed E-state index contributed by atoms with van der Waals surface area (Å²) in [6.45, 7) is 9.49. The summed E-state index contributed by atoms with van der Waals surface area (Å²) < 4.78 is 5.41. The SMILES string of the molecule is CCOCCCC1CC(C)(C)CCC1CN. The summed E-state index contributed by atoms with van der Waals surface area (Å²) >= 11 is 0. The quantitative estimate of drug-likeness (QED) is 0.707. The van der Waals surface area contributed by atoms with Gasteiger partial charge in [0.1, 0.15) is 0 Å². The number of ether oxygens (including phenoxy) is 1. The van der Waals surface area contributed by atoms with Gasteiger partial charge in [-0.2, -0.15) is 0 Å². The lowest BCUT2D eigenvalue weighted by Gasteiger charge is -2.40. The fraction of sp³-hybridized carbons (Fsp3) is 1.00. The molecule has 2 atom stereocenters. The lowest BCUT2D eigenvalue weighted by molar-refractivity contribution is 0.0944. The summed E-state index contributed by atoms with van der Waals surface area (Å²) in [6, 6.07) is 0. The highest BCUT2D eigenvalue weighted by molar-refractivity contribution is 4.85.